The fraction of sp³-hybridized carbons (Fsp3) is 0.318. The Labute approximate surface area is 174 Å². The van der Waals surface area contributed by atoms with Crippen molar-refractivity contribution in [3.8, 4) is 11.5 Å². The SMILES string of the molecule is COc1cccc(NC(=O)CN2C(=O)COc3ccc(C(=O)N4CCCC4)cc32)c1. The van der Waals surface area contributed by atoms with Crippen LogP contribution >= 0.6 is 0 Å². The molecule has 3 amide bonds. The van der Waals surface area contributed by atoms with Crippen LogP contribution in [-0.4, -0.2) is 56.0 Å². The van der Waals surface area contributed by atoms with Gasteiger partial charge in [0.25, 0.3) is 11.8 Å². The summed E-state index contributed by atoms with van der Waals surface area (Å²) in [6.07, 6.45) is 1.99. The summed E-state index contributed by atoms with van der Waals surface area (Å²) < 4.78 is 10.7. The summed E-state index contributed by atoms with van der Waals surface area (Å²) >= 11 is 0. The Hall–Kier alpha value is -3.55. The molecule has 2 aromatic rings. The van der Waals surface area contributed by atoms with Crippen molar-refractivity contribution in [1.29, 1.82) is 0 Å². The van der Waals surface area contributed by atoms with E-state index in [1.807, 2.05) is 0 Å². The number of ether oxygens (including phenoxy) is 2. The van der Waals surface area contributed by atoms with Crippen molar-refractivity contribution >= 4 is 29.1 Å². The van der Waals surface area contributed by atoms with E-state index in [1.165, 1.54) is 4.90 Å². The molecule has 1 fully saturated rings. The van der Waals surface area contributed by atoms with Gasteiger partial charge >= 0.3 is 0 Å². The lowest BCUT2D eigenvalue weighted by atomic mass is 10.1. The molecule has 0 unspecified atom stereocenters. The van der Waals surface area contributed by atoms with Gasteiger partial charge in [-0.1, -0.05) is 6.07 Å². The molecule has 2 aliphatic heterocycles. The second-order valence-corrected chi connectivity index (χ2v) is 7.23. The van der Waals surface area contributed by atoms with Gasteiger partial charge in [-0.2, -0.15) is 0 Å². The largest absolute Gasteiger partial charge is 0.497 e. The number of benzene rings is 2. The van der Waals surface area contributed by atoms with Crippen LogP contribution in [0.2, 0.25) is 0 Å². The predicted octanol–water partition coefficient (Wildman–Crippen LogP) is 2.30. The van der Waals surface area contributed by atoms with E-state index in [4.69, 9.17) is 9.47 Å². The molecule has 1 saturated heterocycles. The minimum absolute atomic E-state index is 0.0749. The van der Waals surface area contributed by atoms with Crippen molar-refractivity contribution in [1.82, 2.24) is 4.90 Å². The van der Waals surface area contributed by atoms with Crippen LogP contribution in [0.25, 0.3) is 0 Å². The number of likely N-dealkylation sites (tertiary alicyclic amines) is 1. The Kier molecular flexibility index (Phi) is 5.56. The van der Waals surface area contributed by atoms with Gasteiger partial charge in [0.15, 0.2) is 6.61 Å². The normalized spacial score (nSPS) is 15.4. The molecular weight excluding hydrogens is 386 g/mol. The number of hydrogen-bond acceptors (Lipinski definition) is 5. The fourth-order valence-corrected chi connectivity index (χ4v) is 3.66. The number of amides is 3. The molecule has 156 valence electrons. The first-order valence-corrected chi connectivity index (χ1v) is 9.85. The van der Waals surface area contributed by atoms with Crippen LogP contribution in [-0.2, 0) is 9.59 Å². The predicted molar refractivity (Wildman–Crippen MR) is 111 cm³/mol. The zero-order chi connectivity index (χ0) is 21.1. The third-order valence-corrected chi connectivity index (χ3v) is 5.20. The highest BCUT2D eigenvalue weighted by Gasteiger charge is 2.29. The number of carbonyl (C=O) groups is 3. The van der Waals surface area contributed by atoms with Gasteiger partial charge in [-0.3, -0.25) is 19.3 Å². The number of anilines is 2. The highest BCUT2D eigenvalue weighted by Crippen LogP contribution is 2.33. The monoisotopic (exact) mass is 409 g/mol. The molecular formula is C22H23N3O5. The van der Waals surface area contributed by atoms with Gasteiger partial charge in [-0.25, -0.2) is 0 Å². The summed E-state index contributed by atoms with van der Waals surface area (Å²) in [6, 6.07) is 12.0. The van der Waals surface area contributed by atoms with Crippen molar-refractivity contribution in [3.63, 3.8) is 0 Å². The number of nitrogens with one attached hydrogen (secondary N) is 1. The van der Waals surface area contributed by atoms with Crippen LogP contribution in [0, 0.1) is 0 Å². The number of rotatable bonds is 5. The van der Waals surface area contributed by atoms with Crippen molar-refractivity contribution in [3.05, 3.63) is 48.0 Å². The molecule has 0 bridgehead atoms. The maximum atomic E-state index is 12.7. The Morgan fingerprint density at radius 3 is 2.70 bits per heavy atom. The van der Waals surface area contributed by atoms with E-state index in [1.54, 1.807) is 54.5 Å². The summed E-state index contributed by atoms with van der Waals surface area (Å²) in [5, 5.41) is 2.77. The van der Waals surface area contributed by atoms with Crippen LogP contribution in [0.3, 0.4) is 0 Å². The molecule has 8 heteroatoms. The molecule has 0 aromatic heterocycles. The van der Waals surface area contributed by atoms with Crippen LogP contribution < -0.4 is 19.7 Å². The first-order valence-electron chi connectivity index (χ1n) is 9.85. The van der Waals surface area contributed by atoms with Gasteiger partial charge < -0.3 is 19.7 Å². The van der Waals surface area contributed by atoms with Gasteiger partial charge in [0.1, 0.15) is 18.0 Å². The van der Waals surface area contributed by atoms with E-state index < -0.39 is 0 Å². The van der Waals surface area contributed by atoms with Crippen molar-refractivity contribution in [2.75, 3.05) is 43.6 Å². The van der Waals surface area contributed by atoms with Gasteiger partial charge in [0.05, 0.1) is 12.8 Å². The molecule has 0 atom stereocenters. The molecule has 4 rings (SSSR count). The highest BCUT2D eigenvalue weighted by atomic mass is 16.5. The molecule has 0 radical (unpaired) electrons. The quantitative estimate of drug-likeness (QED) is 0.819. The molecule has 0 spiro atoms. The Morgan fingerprint density at radius 1 is 1.13 bits per heavy atom. The highest BCUT2D eigenvalue weighted by molar-refractivity contribution is 6.06. The van der Waals surface area contributed by atoms with E-state index in [2.05, 4.69) is 5.32 Å². The molecule has 1 N–H and O–H groups in total. The van der Waals surface area contributed by atoms with Crippen LogP contribution in [0.1, 0.15) is 23.2 Å². The van der Waals surface area contributed by atoms with E-state index in [9.17, 15) is 14.4 Å². The van der Waals surface area contributed by atoms with Crippen molar-refractivity contribution < 1.29 is 23.9 Å². The molecule has 0 saturated carbocycles. The van der Waals surface area contributed by atoms with Gasteiger partial charge in [0, 0.05) is 30.4 Å². The first-order chi connectivity index (χ1) is 14.5. The lowest BCUT2D eigenvalue weighted by molar-refractivity contribution is -0.123. The molecule has 30 heavy (non-hydrogen) atoms. The molecule has 2 aromatic carbocycles. The summed E-state index contributed by atoms with van der Waals surface area (Å²) in [5.41, 5.74) is 1.47. The minimum atomic E-state index is -0.360. The summed E-state index contributed by atoms with van der Waals surface area (Å²) in [4.78, 5) is 41.0. The maximum Gasteiger partial charge on any atom is 0.265 e. The van der Waals surface area contributed by atoms with E-state index >= 15 is 0 Å². The standard InChI is InChI=1S/C22H23N3O5/c1-29-17-6-4-5-16(12-17)23-20(26)13-25-18-11-15(22(28)24-9-2-3-10-24)7-8-19(18)30-14-21(25)27/h4-8,11-12H,2-3,9-10,13-14H2,1H3,(H,23,26). The van der Waals surface area contributed by atoms with Crippen LogP contribution in [0.15, 0.2) is 42.5 Å². The van der Waals surface area contributed by atoms with Crippen molar-refractivity contribution in [2.45, 2.75) is 12.8 Å². The summed E-state index contributed by atoms with van der Waals surface area (Å²) in [6.45, 7) is 1.13. The third kappa shape index (κ3) is 4.07. The van der Waals surface area contributed by atoms with Crippen LogP contribution in [0.5, 0.6) is 11.5 Å². The number of fused-ring (bicyclic) bond motifs is 1. The molecule has 2 aliphatic rings. The minimum Gasteiger partial charge on any atom is -0.497 e. The van der Waals surface area contributed by atoms with E-state index in [0.717, 1.165) is 25.9 Å². The van der Waals surface area contributed by atoms with E-state index in [-0.39, 0.29) is 30.9 Å². The topological polar surface area (TPSA) is 88.2 Å². The number of hydrogen-bond donors (Lipinski definition) is 1. The van der Waals surface area contributed by atoms with Gasteiger partial charge in [-0.05, 0) is 43.2 Å². The first kappa shape index (κ1) is 19.8. The van der Waals surface area contributed by atoms with Gasteiger partial charge in [-0.15, -0.1) is 0 Å². The Morgan fingerprint density at radius 2 is 1.93 bits per heavy atom. The van der Waals surface area contributed by atoms with Crippen molar-refractivity contribution in [2.24, 2.45) is 0 Å². The zero-order valence-corrected chi connectivity index (χ0v) is 16.7. The third-order valence-electron chi connectivity index (χ3n) is 5.20. The smallest absolute Gasteiger partial charge is 0.265 e. The lowest BCUT2D eigenvalue weighted by Gasteiger charge is -2.29. The summed E-state index contributed by atoms with van der Waals surface area (Å²) in [7, 11) is 1.55. The average Bonchev–Trinajstić information content (AvgIpc) is 3.30. The fourth-order valence-electron chi connectivity index (χ4n) is 3.66. The van der Waals surface area contributed by atoms with E-state index in [0.29, 0.717) is 28.4 Å². The summed E-state index contributed by atoms with van der Waals surface area (Å²) in [5.74, 6) is 0.316. The number of nitrogens with zero attached hydrogens (tertiary/aromatic N) is 2. The second kappa shape index (κ2) is 8.44. The zero-order valence-electron chi connectivity index (χ0n) is 16.7. The lowest BCUT2D eigenvalue weighted by Crippen LogP contribution is -2.43. The molecule has 0 aliphatic carbocycles. The van der Waals surface area contributed by atoms with Gasteiger partial charge in [0.2, 0.25) is 5.91 Å². The Bertz CT molecular complexity index is 984. The van der Waals surface area contributed by atoms with Crippen LogP contribution in [0.4, 0.5) is 11.4 Å². The number of methoxy groups -OCH3 is 1. The maximum absolute atomic E-state index is 12.7. The molecule has 8 nitrogen and oxygen atoms in total. The second-order valence-electron chi connectivity index (χ2n) is 7.23. The number of carbonyl (C=O) groups excluding carboxylic acids is 3. The average molecular weight is 409 g/mol. The molecule has 2 heterocycles. The Balaban J connectivity index is 1.53.